The van der Waals surface area contributed by atoms with Gasteiger partial charge < -0.3 is 20.7 Å². The molecule has 0 aliphatic carbocycles. The van der Waals surface area contributed by atoms with Crippen LogP contribution in [0.2, 0.25) is 0 Å². The summed E-state index contributed by atoms with van der Waals surface area (Å²) >= 11 is 1.78. The average Bonchev–Trinajstić information content (AvgIpc) is 3.17. The third-order valence-electron chi connectivity index (χ3n) is 4.66. The summed E-state index contributed by atoms with van der Waals surface area (Å²) in [4.78, 5) is 20.1. The first kappa shape index (κ1) is 26.1. The predicted octanol–water partition coefficient (Wildman–Crippen LogP) is 2.46. The maximum absolute atomic E-state index is 11.9. The molecule has 3 N–H and O–H groups in total. The van der Waals surface area contributed by atoms with Gasteiger partial charge in [0.15, 0.2) is 5.96 Å². The smallest absolute Gasteiger partial charge is 0.225 e. The lowest BCUT2D eigenvalue weighted by atomic mass is 9.96. The van der Waals surface area contributed by atoms with Gasteiger partial charge >= 0.3 is 0 Å². The van der Waals surface area contributed by atoms with E-state index in [9.17, 15) is 4.79 Å². The molecule has 1 fully saturated rings. The van der Waals surface area contributed by atoms with Gasteiger partial charge in [-0.25, -0.2) is 0 Å². The molecule has 2 atom stereocenters. The van der Waals surface area contributed by atoms with Crippen LogP contribution in [0.15, 0.2) is 22.5 Å². The van der Waals surface area contributed by atoms with Gasteiger partial charge in [0.1, 0.15) is 0 Å². The highest BCUT2D eigenvalue weighted by atomic mass is 127. The van der Waals surface area contributed by atoms with Crippen LogP contribution in [0.1, 0.15) is 38.6 Å². The zero-order valence-corrected chi connectivity index (χ0v) is 21.3. The fraction of sp³-hybridized carbons (Fsp3) is 0.700. The lowest BCUT2D eigenvalue weighted by Crippen LogP contribution is -2.48. The highest BCUT2D eigenvalue weighted by Crippen LogP contribution is 2.26. The molecule has 0 aromatic carbocycles. The molecule has 9 heteroatoms. The van der Waals surface area contributed by atoms with Crippen molar-refractivity contribution in [3.63, 3.8) is 0 Å². The Morgan fingerprint density at radius 1 is 1.34 bits per heavy atom. The van der Waals surface area contributed by atoms with Crippen molar-refractivity contribution in [3.05, 3.63) is 22.4 Å². The minimum absolute atomic E-state index is 0. The van der Waals surface area contributed by atoms with E-state index in [1.807, 2.05) is 20.8 Å². The van der Waals surface area contributed by atoms with Gasteiger partial charge in [0.25, 0.3) is 0 Å². The molecule has 0 bridgehead atoms. The number of ether oxygens (including phenoxy) is 1. The second kappa shape index (κ2) is 12.7. The van der Waals surface area contributed by atoms with Crippen LogP contribution >= 0.6 is 35.3 Å². The van der Waals surface area contributed by atoms with Crippen LogP contribution in [0.5, 0.6) is 0 Å². The number of rotatable bonds is 7. The number of thiophene rings is 1. The van der Waals surface area contributed by atoms with Crippen LogP contribution in [0.3, 0.4) is 0 Å². The zero-order valence-electron chi connectivity index (χ0n) is 18.2. The number of nitrogens with zero attached hydrogens (tertiary/aromatic N) is 2. The van der Waals surface area contributed by atoms with Crippen molar-refractivity contribution in [2.45, 2.75) is 39.8 Å². The summed E-state index contributed by atoms with van der Waals surface area (Å²) in [6.45, 7) is 12.4. The molecule has 7 nitrogen and oxygen atoms in total. The molecular weight excluding hydrogens is 501 g/mol. The van der Waals surface area contributed by atoms with E-state index >= 15 is 0 Å². The number of carbonyl (C=O) groups excluding carboxylic acids is 1. The molecule has 166 valence electrons. The average molecular weight is 538 g/mol. The predicted molar refractivity (Wildman–Crippen MR) is 131 cm³/mol. The zero-order chi connectivity index (χ0) is 20.6. The lowest BCUT2D eigenvalue weighted by molar-refractivity contribution is -0.128. The van der Waals surface area contributed by atoms with E-state index in [4.69, 9.17) is 4.74 Å². The van der Waals surface area contributed by atoms with Crippen molar-refractivity contribution >= 4 is 47.2 Å². The van der Waals surface area contributed by atoms with Crippen molar-refractivity contribution < 1.29 is 9.53 Å². The molecule has 1 saturated heterocycles. The van der Waals surface area contributed by atoms with Crippen LogP contribution in [0, 0.1) is 5.41 Å². The molecule has 0 spiro atoms. The summed E-state index contributed by atoms with van der Waals surface area (Å²) in [6, 6.07) is 4.57. The molecule has 1 aromatic heterocycles. The van der Waals surface area contributed by atoms with Crippen molar-refractivity contribution in [2.24, 2.45) is 10.4 Å². The number of carbonyl (C=O) groups is 1. The number of amides is 1. The number of hydrogen-bond acceptors (Lipinski definition) is 5. The second-order valence-corrected chi connectivity index (χ2v) is 9.07. The Balaban J connectivity index is 0.00000420. The Bertz CT molecular complexity index is 633. The number of halogens is 1. The van der Waals surface area contributed by atoms with Crippen molar-refractivity contribution in [3.8, 4) is 0 Å². The summed E-state index contributed by atoms with van der Waals surface area (Å²) in [5.41, 5.74) is -0.372. The van der Waals surface area contributed by atoms with E-state index in [1.165, 1.54) is 4.88 Å². The third-order valence-corrected chi connectivity index (χ3v) is 5.63. The van der Waals surface area contributed by atoms with Gasteiger partial charge in [-0.3, -0.25) is 14.7 Å². The molecule has 2 heterocycles. The number of nitrogens with one attached hydrogen (secondary N) is 3. The first-order valence-corrected chi connectivity index (χ1v) is 10.8. The van der Waals surface area contributed by atoms with E-state index in [-0.39, 0.29) is 47.4 Å². The van der Waals surface area contributed by atoms with E-state index in [1.54, 1.807) is 18.4 Å². The van der Waals surface area contributed by atoms with Crippen LogP contribution in [0.4, 0.5) is 0 Å². The number of aliphatic imine (C=N–C) groups is 1. The summed E-state index contributed by atoms with van der Waals surface area (Å²) in [7, 11) is 1.76. The first-order chi connectivity index (χ1) is 13.3. The Morgan fingerprint density at radius 2 is 2.07 bits per heavy atom. The largest absolute Gasteiger partial charge is 0.376 e. The van der Waals surface area contributed by atoms with Crippen LogP contribution in [-0.2, 0) is 9.53 Å². The maximum atomic E-state index is 11.9. The topological polar surface area (TPSA) is 78.0 Å². The Labute approximate surface area is 196 Å². The molecule has 1 amide bonds. The second-order valence-electron chi connectivity index (χ2n) is 8.09. The Morgan fingerprint density at radius 3 is 2.66 bits per heavy atom. The summed E-state index contributed by atoms with van der Waals surface area (Å²) in [5, 5.41) is 11.8. The highest BCUT2D eigenvalue weighted by molar-refractivity contribution is 14.0. The summed E-state index contributed by atoms with van der Waals surface area (Å²) in [5.74, 6) is 0.796. The van der Waals surface area contributed by atoms with Crippen molar-refractivity contribution in [2.75, 3.05) is 46.4 Å². The minimum atomic E-state index is -0.372. The van der Waals surface area contributed by atoms with Gasteiger partial charge in [-0.1, -0.05) is 26.8 Å². The SMILES string of the molecule is CN=C(NCCNC(=O)C(C)(C)C)NCC(c1cccs1)N1CCOC(C)C1.I. The van der Waals surface area contributed by atoms with E-state index in [2.05, 4.69) is 50.3 Å². The first-order valence-electron chi connectivity index (χ1n) is 9.93. The van der Waals surface area contributed by atoms with E-state index < -0.39 is 0 Å². The Kier molecular flexibility index (Phi) is 11.4. The quantitative estimate of drug-likeness (QED) is 0.216. The van der Waals surface area contributed by atoms with Crippen LogP contribution < -0.4 is 16.0 Å². The number of hydrogen-bond donors (Lipinski definition) is 3. The minimum Gasteiger partial charge on any atom is -0.376 e. The van der Waals surface area contributed by atoms with Gasteiger partial charge in [-0.15, -0.1) is 35.3 Å². The molecule has 2 unspecified atom stereocenters. The lowest BCUT2D eigenvalue weighted by Gasteiger charge is -2.37. The van der Waals surface area contributed by atoms with Crippen molar-refractivity contribution in [1.29, 1.82) is 0 Å². The van der Waals surface area contributed by atoms with Gasteiger partial charge in [0, 0.05) is 50.1 Å². The van der Waals surface area contributed by atoms with E-state index in [0.717, 1.165) is 32.2 Å². The Hall–Kier alpha value is -0.910. The van der Waals surface area contributed by atoms with E-state index in [0.29, 0.717) is 13.1 Å². The normalized spacial score (nSPS) is 19.2. The number of guanidine groups is 1. The monoisotopic (exact) mass is 537 g/mol. The maximum Gasteiger partial charge on any atom is 0.225 e. The molecule has 1 aliphatic rings. The standard InChI is InChI=1S/C20H35N5O2S.HI/c1-15-14-25(10-11-27-15)16(17-7-6-12-28-17)13-24-19(21-5)23-9-8-22-18(26)20(2,3)4;/h6-7,12,15-16H,8-11,13-14H2,1-5H3,(H,22,26)(H2,21,23,24);1H. The molecule has 29 heavy (non-hydrogen) atoms. The molecule has 1 aromatic rings. The van der Waals surface area contributed by atoms with Gasteiger partial charge in [0.2, 0.25) is 5.91 Å². The van der Waals surface area contributed by atoms with Gasteiger partial charge in [-0.05, 0) is 18.4 Å². The summed E-state index contributed by atoms with van der Waals surface area (Å²) in [6.07, 6.45) is 0.250. The van der Waals surface area contributed by atoms with Crippen LogP contribution in [0.25, 0.3) is 0 Å². The third kappa shape index (κ3) is 8.77. The van der Waals surface area contributed by atoms with Crippen molar-refractivity contribution in [1.82, 2.24) is 20.9 Å². The van der Waals surface area contributed by atoms with Gasteiger partial charge in [-0.2, -0.15) is 0 Å². The molecule has 2 rings (SSSR count). The fourth-order valence-corrected chi connectivity index (χ4v) is 3.92. The molecule has 1 aliphatic heterocycles. The fourth-order valence-electron chi connectivity index (χ4n) is 3.06. The van der Waals surface area contributed by atoms with Gasteiger partial charge in [0.05, 0.1) is 18.8 Å². The summed E-state index contributed by atoms with van der Waals surface area (Å²) < 4.78 is 5.70. The molecule has 0 saturated carbocycles. The highest BCUT2D eigenvalue weighted by Gasteiger charge is 2.26. The molecular formula is C20H36IN5O2S. The van der Waals surface area contributed by atoms with Crippen LogP contribution in [-0.4, -0.2) is 69.2 Å². The molecule has 0 radical (unpaired) electrons. The number of morpholine rings is 1.